The van der Waals surface area contributed by atoms with Crippen LogP contribution in [0.1, 0.15) is 37.8 Å². The third-order valence-corrected chi connectivity index (χ3v) is 3.51. The molecule has 0 radical (unpaired) electrons. The van der Waals surface area contributed by atoms with Gasteiger partial charge in [-0.05, 0) is 31.4 Å². The highest BCUT2D eigenvalue weighted by Crippen LogP contribution is 2.22. The molecule has 1 aromatic heterocycles. The van der Waals surface area contributed by atoms with E-state index in [2.05, 4.69) is 19.2 Å². The van der Waals surface area contributed by atoms with E-state index in [9.17, 15) is 4.79 Å². The molecule has 0 aliphatic heterocycles. The highest BCUT2D eigenvalue weighted by Gasteiger charge is 2.12. The number of amides is 1. The minimum atomic E-state index is 0.0666. The van der Waals surface area contributed by atoms with Gasteiger partial charge >= 0.3 is 0 Å². The third kappa shape index (κ3) is 3.16. The Bertz CT molecular complexity index is 567. The van der Waals surface area contributed by atoms with Gasteiger partial charge in [-0.25, -0.2) is 0 Å². The van der Waals surface area contributed by atoms with Crippen molar-refractivity contribution >= 4 is 16.9 Å². The first-order valence-electron chi connectivity index (χ1n) is 6.90. The van der Waals surface area contributed by atoms with Crippen LogP contribution in [0.5, 0.6) is 0 Å². The zero-order chi connectivity index (χ0) is 13.8. The van der Waals surface area contributed by atoms with Gasteiger partial charge in [0.25, 0.3) is 0 Å². The minimum absolute atomic E-state index is 0.0666. The number of aryl methyl sites for hydroxylation is 1. The predicted molar refractivity (Wildman–Crippen MR) is 77.2 cm³/mol. The molecule has 1 aromatic carbocycles. The van der Waals surface area contributed by atoms with E-state index in [0.717, 1.165) is 34.9 Å². The summed E-state index contributed by atoms with van der Waals surface area (Å²) in [5.74, 6) is 0.0666. The number of hydrogen-bond acceptors (Lipinski definition) is 2. The van der Waals surface area contributed by atoms with Gasteiger partial charge in [-0.1, -0.05) is 26.0 Å². The van der Waals surface area contributed by atoms with Crippen LogP contribution in [-0.4, -0.2) is 11.9 Å². The van der Waals surface area contributed by atoms with Crippen molar-refractivity contribution in [1.29, 1.82) is 0 Å². The van der Waals surface area contributed by atoms with Crippen LogP contribution in [0.3, 0.4) is 0 Å². The molecule has 2 aromatic rings. The molecule has 19 heavy (non-hydrogen) atoms. The summed E-state index contributed by atoms with van der Waals surface area (Å²) in [6.07, 6.45) is 4.00. The standard InChI is InChI=1S/C16H21NO2/c1-4-13(5-2)17-16(18)9-12-10-19-15-8-11(3)6-7-14(12)15/h6-8,10,13H,4-5,9H2,1-3H3,(H,17,18). The molecular weight excluding hydrogens is 238 g/mol. The number of carbonyl (C=O) groups is 1. The largest absolute Gasteiger partial charge is 0.464 e. The molecule has 0 spiro atoms. The molecule has 102 valence electrons. The maximum absolute atomic E-state index is 12.0. The van der Waals surface area contributed by atoms with E-state index in [0.29, 0.717) is 6.42 Å². The summed E-state index contributed by atoms with van der Waals surface area (Å²) < 4.78 is 5.51. The molecule has 0 fully saturated rings. The summed E-state index contributed by atoms with van der Waals surface area (Å²) in [6.45, 7) is 6.20. The Morgan fingerprint density at radius 3 is 2.74 bits per heavy atom. The van der Waals surface area contributed by atoms with Crippen LogP contribution in [0.15, 0.2) is 28.9 Å². The molecule has 0 bridgehead atoms. The van der Waals surface area contributed by atoms with Gasteiger partial charge in [0.2, 0.25) is 5.91 Å². The second kappa shape index (κ2) is 5.91. The average Bonchev–Trinajstić information content (AvgIpc) is 2.78. The molecule has 1 heterocycles. The fraction of sp³-hybridized carbons (Fsp3) is 0.438. The Labute approximate surface area is 114 Å². The van der Waals surface area contributed by atoms with Crippen LogP contribution in [0.25, 0.3) is 11.0 Å². The average molecular weight is 259 g/mol. The highest BCUT2D eigenvalue weighted by atomic mass is 16.3. The summed E-state index contributed by atoms with van der Waals surface area (Å²) in [5.41, 5.74) is 2.97. The molecule has 0 unspecified atom stereocenters. The minimum Gasteiger partial charge on any atom is -0.464 e. The Hall–Kier alpha value is -1.77. The number of hydrogen-bond donors (Lipinski definition) is 1. The molecule has 3 heteroatoms. The Morgan fingerprint density at radius 1 is 1.32 bits per heavy atom. The van der Waals surface area contributed by atoms with Crippen LogP contribution < -0.4 is 5.32 Å². The maximum atomic E-state index is 12.0. The Kier molecular flexibility index (Phi) is 4.25. The quantitative estimate of drug-likeness (QED) is 0.891. The van der Waals surface area contributed by atoms with Gasteiger partial charge in [0.05, 0.1) is 12.7 Å². The van der Waals surface area contributed by atoms with Gasteiger partial charge in [0, 0.05) is 17.0 Å². The van der Waals surface area contributed by atoms with Gasteiger partial charge < -0.3 is 9.73 Å². The molecule has 0 atom stereocenters. The number of furan rings is 1. The lowest BCUT2D eigenvalue weighted by Gasteiger charge is -2.14. The Balaban J connectivity index is 2.11. The van der Waals surface area contributed by atoms with Crippen molar-refractivity contribution in [3.8, 4) is 0 Å². The van der Waals surface area contributed by atoms with Crippen molar-refractivity contribution in [3.05, 3.63) is 35.6 Å². The number of fused-ring (bicyclic) bond motifs is 1. The third-order valence-electron chi connectivity index (χ3n) is 3.51. The fourth-order valence-corrected chi connectivity index (χ4v) is 2.27. The monoisotopic (exact) mass is 259 g/mol. The van der Waals surface area contributed by atoms with Crippen molar-refractivity contribution in [2.24, 2.45) is 0 Å². The van der Waals surface area contributed by atoms with Crippen LogP contribution in [0, 0.1) is 6.92 Å². The molecular formula is C16H21NO2. The van der Waals surface area contributed by atoms with Gasteiger partial charge in [0.15, 0.2) is 0 Å². The number of rotatable bonds is 5. The summed E-state index contributed by atoms with van der Waals surface area (Å²) in [6, 6.07) is 6.33. The van der Waals surface area contributed by atoms with E-state index in [1.807, 2.05) is 25.1 Å². The number of carbonyl (C=O) groups excluding carboxylic acids is 1. The Morgan fingerprint density at radius 2 is 2.05 bits per heavy atom. The van der Waals surface area contributed by atoms with E-state index in [-0.39, 0.29) is 11.9 Å². The predicted octanol–water partition coefficient (Wildman–Crippen LogP) is 3.59. The van der Waals surface area contributed by atoms with Crippen LogP contribution in [-0.2, 0) is 11.2 Å². The first-order chi connectivity index (χ1) is 9.13. The topological polar surface area (TPSA) is 42.2 Å². The van der Waals surface area contributed by atoms with Gasteiger partial charge in [-0.15, -0.1) is 0 Å². The SMILES string of the molecule is CCC(CC)NC(=O)Cc1coc2cc(C)ccc12. The fourth-order valence-electron chi connectivity index (χ4n) is 2.27. The summed E-state index contributed by atoms with van der Waals surface area (Å²) in [5, 5.41) is 4.08. The summed E-state index contributed by atoms with van der Waals surface area (Å²) in [7, 11) is 0. The lowest BCUT2D eigenvalue weighted by molar-refractivity contribution is -0.121. The van der Waals surface area contributed by atoms with E-state index in [1.165, 1.54) is 0 Å². The first-order valence-corrected chi connectivity index (χ1v) is 6.90. The van der Waals surface area contributed by atoms with Crippen molar-refractivity contribution in [3.63, 3.8) is 0 Å². The van der Waals surface area contributed by atoms with Crippen molar-refractivity contribution in [2.75, 3.05) is 0 Å². The van der Waals surface area contributed by atoms with Crippen LogP contribution in [0.4, 0.5) is 0 Å². The summed E-state index contributed by atoms with van der Waals surface area (Å²) >= 11 is 0. The van der Waals surface area contributed by atoms with E-state index in [1.54, 1.807) is 6.26 Å². The molecule has 1 amide bonds. The normalized spacial score (nSPS) is 11.2. The summed E-state index contributed by atoms with van der Waals surface area (Å²) in [4.78, 5) is 12.0. The zero-order valence-electron chi connectivity index (χ0n) is 11.8. The van der Waals surface area contributed by atoms with Crippen molar-refractivity contribution < 1.29 is 9.21 Å². The van der Waals surface area contributed by atoms with Gasteiger partial charge in [0.1, 0.15) is 5.58 Å². The zero-order valence-corrected chi connectivity index (χ0v) is 11.8. The second-order valence-electron chi connectivity index (χ2n) is 5.02. The van der Waals surface area contributed by atoms with Crippen LogP contribution >= 0.6 is 0 Å². The van der Waals surface area contributed by atoms with E-state index in [4.69, 9.17) is 4.42 Å². The van der Waals surface area contributed by atoms with E-state index < -0.39 is 0 Å². The molecule has 3 nitrogen and oxygen atoms in total. The van der Waals surface area contributed by atoms with Gasteiger partial charge in [-0.2, -0.15) is 0 Å². The molecule has 2 rings (SSSR count). The highest BCUT2D eigenvalue weighted by molar-refractivity contribution is 5.88. The van der Waals surface area contributed by atoms with Gasteiger partial charge in [-0.3, -0.25) is 4.79 Å². The smallest absolute Gasteiger partial charge is 0.224 e. The van der Waals surface area contributed by atoms with E-state index >= 15 is 0 Å². The van der Waals surface area contributed by atoms with Crippen molar-refractivity contribution in [1.82, 2.24) is 5.32 Å². The lowest BCUT2D eigenvalue weighted by atomic mass is 10.1. The maximum Gasteiger partial charge on any atom is 0.224 e. The number of benzene rings is 1. The molecule has 0 aliphatic rings. The molecule has 0 aliphatic carbocycles. The second-order valence-corrected chi connectivity index (χ2v) is 5.02. The van der Waals surface area contributed by atoms with Crippen molar-refractivity contribution in [2.45, 2.75) is 46.1 Å². The first kappa shape index (κ1) is 13.7. The lowest BCUT2D eigenvalue weighted by Crippen LogP contribution is -2.34. The number of nitrogens with one attached hydrogen (secondary N) is 1. The molecule has 1 N–H and O–H groups in total. The van der Waals surface area contributed by atoms with Crippen LogP contribution in [0.2, 0.25) is 0 Å². The molecule has 0 saturated heterocycles. The molecule has 0 saturated carbocycles.